The Kier molecular flexibility index (Phi) is 4.11. The molecule has 0 aliphatic heterocycles. The van der Waals surface area contributed by atoms with Crippen molar-refractivity contribution in [2.24, 2.45) is 0 Å². The molecule has 2 heterocycles. The molecule has 5 heteroatoms. The van der Waals surface area contributed by atoms with Gasteiger partial charge in [0.1, 0.15) is 11.6 Å². The van der Waals surface area contributed by atoms with Crippen molar-refractivity contribution in [2.45, 2.75) is 19.9 Å². The number of aromatic nitrogens is 3. The van der Waals surface area contributed by atoms with Crippen molar-refractivity contribution in [3.05, 3.63) is 60.0 Å². The highest BCUT2D eigenvalue weighted by Gasteiger charge is 2.08. The fourth-order valence-electron chi connectivity index (χ4n) is 2.23. The van der Waals surface area contributed by atoms with Gasteiger partial charge in [0.15, 0.2) is 0 Å². The first kappa shape index (κ1) is 14.6. The number of hydrogen-bond acceptors (Lipinski definition) is 3. The van der Waals surface area contributed by atoms with Gasteiger partial charge in [0.25, 0.3) is 0 Å². The number of pyridine rings is 1. The van der Waals surface area contributed by atoms with Crippen molar-refractivity contribution in [2.75, 3.05) is 5.32 Å². The second-order valence-corrected chi connectivity index (χ2v) is 5.75. The first-order valence-corrected chi connectivity index (χ1v) is 7.53. The van der Waals surface area contributed by atoms with E-state index in [2.05, 4.69) is 33.7 Å². The highest BCUT2D eigenvalue weighted by molar-refractivity contribution is 6.30. The van der Waals surface area contributed by atoms with Crippen molar-refractivity contribution >= 4 is 23.1 Å². The van der Waals surface area contributed by atoms with Gasteiger partial charge in [-0.05, 0) is 50.2 Å². The average Bonchev–Trinajstić information content (AvgIpc) is 3.00. The van der Waals surface area contributed by atoms with Gasteiger partial charge in [-0.1, -0.05) is 11.6 Å². The average molecular weight is 313 g/mol. The van der Waals surface area contributed by atoms with Crippen LogP contribution in [0.1, 0.15) is 19.9 Å². The predicted octanol–water partition coefficient (Wildman–Crippen LogP) is 4.92. The molecular formula is C17H17ClN4. The smallest absolute Gasteiger partial charge is 0.141 e. The van der Waals surface area contributed by atoms with E-state index < -0.39 is 0 Å². The van der Waals surface area contributed by atoms with Crippen LogP contribution in [0.4, 0.5) is 11.5 Å². The normalized spacial score (nSPS) is 10.9. The fraction of sp³-hybridized carbons (Fsp3) is 0.176. The second kappa shape index (κ2) is 6.20. The third kappa shape index (κ3) is 3.12. The van der Waals surface area contributed by atoms with Crippen LogP contribution in [0.5, 0.6) is 0 Å². The van der Waals surface area contributed by atoms with E-state index in [1.54, 1.807) is 0 Å². The molecule has 1 N–H and O–H groups in total. The van der Waals surface area contributed by atoms with E-state index in [9.17, 15) is 0 Å². The zero-order valence-electron chi connectivity index (χ0n) is 12.5. The van der Waals surface area contributed by atoms with Crippen molar-refractivity contribution in [3.8, 4) is 11.4 Å². The summed E-state index contributed by atoms with van der Waals surface area (Å²) in [4.78, 5) is 8.87. The molecule has 0 radical (unpaired) electrons. The first-order chi connectivity index (χ1) is 10.6. The molecule has 0 saturated heterocycles. The molecule has 0 amide bonds. The number of halogens is 1. The Morgan fingerprint density at radius 3 is 2.45 bits per heavy atom. The van der Waals surface area contributed by atoms with Crippen LogP contribution in [-0.4, -0.2) is 14.5 Å². The van der Waals surface area contributed by atoms with Crippen LogP contribution >= 0.6 is 11.6 Å². The summed E-state index contributed by atoms with van der Waals surface area (Å²) in [5.41, 5.74) is 1.95. The number of nitrogens with zero attached hydrogens (tertiary/aromatic N) is 3. The Balaban J connectivity index is 1.80. The molecule has 0 atom stereocenters. The Hall–Kier alpha value is -2.33. The van der Waals surface area contributed by atoms with Crippen molar-refractivity contribution in [3.63, 3.8) is 0 Å². The third-order valence-corrected chi connectivity index (χ3v) is 3.62. The molecule has 3 aromatic rings. The van der Waals surface area contributed by atoms with Crippen LogP contribution in [0.3, 0.4) is 0 Å². The van der Waals surface area contributed by atoms with Crippen LogP contribution in [0, 0.1) is 0 Å². The van der Waals surface area contributed by atoms with Gasteiger partial charge in [-0.25, -0.2) is 9.97 Å². The van der Waals surface area contributed by atoms with Gasteiger partial charge < -0.3 is 9.88 Å². The summed E-state index contributed by atoms with van der Waals surface area (Å²) in [7, 11) is 0. The van der Waals surface area contributed by atoms with Crippen LogP contribution in [0.2, 0.25) is 5.02 Å². The van der Waals surface area contributed by atoms with Gasteiger partial charge in [-0.3, -0.25) is 0 Å². The molecule has 22 heavy (non-hydrogen) atoms. The van der Waals surface area contributed by atoms with E-state index in [0.29, 0.717) is 6.04 Å². The van der Waals surface area contributed by atoms with Gasteiger partial charge in [-0.2, -0.15) is 0 Å². The van der Waals surface area contributed by atoms with Crippen molar-refractivity contribution in [1.82, 2.24) is 14.5 Å². The molecule has 0 saturated carbocycles. The molecule has 0 aliphatic carbocycles. The summed E-state index contributed by atoms with van der Waals surface area (Å²) in [5.74, 6) is 1.72. The summed E-state index contributed by atoms with van der Waals surface area (Å²) >= 11 is 5.88. The van der Waals surface area contributed by atoms with E-state index in [1.807, 2.05) is 55.0 Å². The lowest BCUT2D eigenvalue weighted by Gasteiger charge is -2.11. The largest absolute Gasteiger partial charge is 0.340 e. The maximum atomic E-state index is 5.88. The number of rotatable bonds is 4. The molecule has 1 aromatic carbocycles. The number of hydrogen-bond donors (Lipinski definition) is 1. The number of anilines is 2. The van der Waals surface area contributed by atoms with Crippen molar-refractivity contribution < 1.29 is 0 Å². The van der Waals surface area contributed by atoms with Gasteiger partial charge in [0, 0.05) is 40.9 Å². The zero-order chi connectivity index (χ0) is 15.5. The molecule has 2 aromatic heterocycles. The Bertz CT molecular complexity index is 745. The molecule has 3 rings (SSSR count). The fourth-order valence-corrected chi connectivity index (χ4v) is 2.36. The number of nitrogens with one attached hydrogen (secondary N) is 1. The van der Waals surface area contributed by atoms with Gasteiger partial charge >= 0.3 is 0 Å². The van der Waals surface area contributed by atoms with E-state index in [4.69, 9.17) is 11.6 Å². The minimum atomic E-state index is 0.365. The summed E-state index contributed by atoms with van der Waals surface area (Å²) in [6.45, 7) is 4.27. The molecule has 0 unspecified atom stereocenters. The van der Waals surface area contributed by atoms with Gasteiger partial charge in [0.05, 0.1) is 0 Å². The summed E-state index contributed by atoms with van der Waals surface area (Å²) < 4.78 is 2.13. The molecule has 112 valence electrons. The van der Waals surface area contributed by atoms with Crippen LogP contribution in [0.15, 0.2) is 55.0 Å². The van der Waals surface area contributed by atoms with Gasteiger partial charge in [-0.15, -0.1) is 0 Å². The lowest BCUT2D eigenvalue weighted by Crippen LogP contribution is -2.02. The molecular weight excluding hydrogens is 296 g/mol. The summed E-state index contributed by atoms with van der Waals surface area (Å²) in [5, 5.41) is 3.96. The van der Waals surface area contributed by atoms with Crippen LogP contribution in [-0.2, 0) is 0 Å². The minimum absolute atomic E-state index is 0.365. The van der Waals surface area contributed by atoms with E-state index in [0.717, 1.165) is 27.9 Å². The van der Waals surface area contributed by atoms with E-state index >= 15 is 0 Å². The molecule has 0 bridgehead atoms. The standard InChI is InChI=1S/C17H17ClN4/c1-12(2)22-10-9-19-17(22)13-3-8-16(20-11-13)21-15-6-4-14(18)5-7-15/h3-12H,1-2H3,(H,20,21). The first-order valence-electron chi connectivity index (χ1n) is 7.15. The summed E-state index contributed by atoms with van der Waals surface area (Å²) in [6, 6.07) is 11.9. The lowest BCUT2D eigenvalue weighted by atomic mass is 10.2. The third-order valence-electron chi connectivity index (χ3n) is 3.36. The Morgan fingerprint density at radius 2 is 1.82 bits per heavy atom. The van der Waals surface area contributed by atoms with Crippen LogP contribution in [0.25, 0.3) is 11.4 Å². The predicted molar refractivity (Wildman–Crippen MR) is 90.6 cm³/mol. The topological polar surface area (TPSA) is 42.7 Å². The zero-order valence-corrected chi connectivity index (χ0v) is 13.2. The molecule has 0 aliphatic rings. The Labute approximate surface area is 134 Å². The monoisotopic (exact) mass is 312 g/mol. The SMILES string of the molecule is CC(C)n1ccnc1-c1ccc(Nc2ccc(Cl)cc2)nc1. The molecule has 4 nitrogen and oxygen atoms in total. The molecule has 0 spiro atoms. The lowest BCUT2D eigenvalue weighted by molar-refractivity contribution is 0.606. The Morgan fingerprint density at radius 1 is 1.05 bits per heavy atom. The second-order valence-electron chi connectivity index (χ2n) is 5.32. The van der Waals surface area contributed by atoms with Crippen molar-refractivity contribution in [1.29, 1.82) is 0 Å². The highest BCUT2D eigenvalue weighted by atomic mass is 35.5. The molecule has 0 fully saturated rings. The van der Waals surface area contributed by atoms with E-state index in [1.165, 1.54) is 0 Å². The number of imidazole rings is 1. The minimum Gasteiger partial charge on any atom is -0.340 e. The maximum Gasteiger partial charge on any atom is 0.141 e. The quantitative estimate of drug-likeness (QED) is 0.743. The van der Waals surface area contributed by atoms with Gasteiger partial charge in [0.2, 0.25) is 0 Å². The maximum absolute atomic E-state index is 5.88. The summed E-state index contributed by atoms with van der Waals surface area (Å²) in [6.07, 6.45) is 5.63. The van der Waals surface area contributed by atoms with Crippen LogP contribution < -0.4 is 5.32 Å². The van der Waals surface area contributed by atoms with E-state index in [-0.39, 0.29) is 0 Å². The highest BCUT2D eigenvalue weighted by Crippen LogP contribution is 2.23. The number of benzene rings is 1.